The van der Waals surface area contributed by atoms with E-state index >= 15 is 0 Å². The fraction of sp³-hybridized carbons (Fsp3) is 0.400. The molecule has 0 N–H and O–H groups in total. The molecule has 2 nitrogen and oxygen atoms in total. The molecule has 1 aliphatic heterocycles. The summed E-state index contributed by atoms with van der Waals surface area (Å²) in [6.45, 7) is 8.38. The Hall–Kier alpha value is -1.58. The van der Waals surface area contributed by atoms with Gasteiger partial charge in [-0.1, -0.05) is 48.6 Å². The minimum Gasteiger partial charge on any atom is -0.403 e. The zero-order chi connectivity index (χ0) is 16.5. The van der Waals surface area contributed by atoms with Gasteiger partial charge in [0.2, 0.25) is 0 Å². The molecule has 1 aliphatic rings. The lowest BCUT2D eigenvalue weighted by Crippen LogP contribution is -2.41. The summed E-state index contributed by atoms with van der Waals surface area (Å²) in [6.07, 6.45) is 6.22. The van der Waals surface area contributed by atoms with Crippen LogP contribution in [0.15, 0.2) is 48.5 Å². The summed E-state index contributed by atoms with van der Waals surface area (Å²) in [4.78, 5) is 0. The van der Waals surface area contributed by atoms with Gasteiger partial charge in [0.05, 0.1) is 11.2 Å². The first kappa shape index (κ1) is 16.3. The van der Waals surface area contributed by atoms with Crippen molar-refractivity contribution >= 4 is 24.0 Å². The molecule has 3 rings (SSSR count). The Balaban J connectivity index is 1.57. The maximum absolute atomic E-state index is 6.02. The molecule has 0 spiro atoms. The van der Waals surface area contributed by atoms with Gasteiger partial charge in [-0.3, -0.25) is 0 Å². The number of rotatable bonds is 4. The van der Waals surface area contributed by atoms with Crippen molar-refractivity contribution in [2.45, 2.75) is 51.6 Å². The van der Waals surface area contributed by atoms with E-state index < -0.39 is 0 Å². The molecule has 2 aromatic rings. The molecule has 3 heteroatoms. The normalized spacial score (nSPS) is 19.7. The van der Waals surface area contributed by atoms with E-state index in [0.717, 1.165) is 12.7 Å². The molecule has 1 saturated heterocycles. The summed E-state index contributed by atoms with van der Waals surface area (Å²) >= 11 is 0. The first-order chi connectivity index (χ1) is 10.9. The second-order valence-electron chi connectivity index (χ2n) is 7.27. The maximum Gasteiger partial charge on any atom is 0.458 e. The van der Waals surface area contributed by atoms with Crippen LogP contribution in [0.3, 0.4) is 0 Å². The summed E-state index contributed by atoms with van der Waals surface area (Å²) in [6, 6.07) is 15.0. The Labute approximate surface area is 139 Å². The van der Waals surface area contributed by atoms with Crippen LogP contribution in [0.25, 0.3) is 16.8 Å². The predicted molar refractivity (Wildman–Crippen MR) is 98.5 cm³/mol. The molecule has 2 aromatic carbocycles. The third kappa shape index (κ3) is 3.51. The molecule has 0 atom stereocenters. The van der Waals surface area contributed by atoms with E-state index in [1.54, 1.807) is 0 Å². The second-order valence-corrected chi connectivity index (χ2v) is 7.27. The lowest BCUT2D eigenvalue weighted by molar-refractivity contribution is 0.00578. The van der Waals surface area contributed by atoms with E-state index in [1.165, 1.54) is 16.3 Å². The van der Waals surface area contributed by atoms with Crippen molar-refractivity contribution in [2.24, 2.45) is 0 Å². The molecule has 0 aliphatic carbocycles. The van der Waals surface area contributed by atoms with Crippen molar-refractivity contribution in [3.8, 4) is 0 Å². The van der Waals surface area contributed by atoms with Gasteiger partial charge in [0.1, 0.15) is 0 Å². The molecule has 1 fully saturated rings. The third-order valence-corrected chi connectivity index (χ3v) is 4.95. The van der Waals surface area contributed by atoms with E-state index in [9.17, 15) is 0 Å². The standard InChI is InChI=1S/C20H25BO2/c1-19(2)20(3,4)23-21(22-19)14-8-7-9-16-12-13-17-10-5-6-11-18(17)15-16/h5-7,9-13,15H,8,14H2,1-4H3/b9-7+. The Morgan fingerprint density at radius 3 is 2.26 bits per heavy atom. The van der Waals surface area contributed by atoms with E-state index in [-0.39, 0.29) is 18.3 Å². The molecular weight excluding hydrogens is 283 g/mol. The van der Waals surface area contributed by atoms with Gasteiger partial charge in [-0.15, -0.1) is 0 Å². The number of hydrogen-bond donors (Lipinski definition) is 0. The molecule has 0 aromatic heterocycles. The quantitative estimate of drug-likeness (QED) is 0.710. The van der Waals surface area contributed by atoms with E-state index in [4.69, 9.17) is 9.31 Å². The van der Waals surface area contributed by atoms with Crippen LogP contribution in [-0.2, 0) is 9.31 Å². The van der Waals surface area contributed by atoms with Crippen LogP contribution < -0.4 is 0 Å². The highest BCUT2D eigenvalue weighted by Crippen LogP contribution is 2.37. The first-order valence-electron chi connectivity index (χ1n) is 8.38. The summed E-state index contributed by atoms with van der Waals surface area (Å²) in [5.41, 5.74) is 0.761. The SMILES string of the molecule is CC1(C)OB(CC/C=C/c2ccc3ccccc3c2)OC1(C)C. The fourth-order valence-corrected chi connectivity index (χ4v) is 2.85. The van der Waals surface area contributed by atoms with Crippen molar-refractivity contribution in [3.05, 3.63) is 54.1 Å². The monoisotopic (exact) mass is 308 g/mol. The average Bonchev–Trinajstić information content (AvgIpc) is 2.71. The van der Waals surface area contributed by atoms with Gasteiger partial charge in [0, 0.05) is 0 Å². The molecule has 0 unspecified atom stereocenters. The van der Waals surface area contributed by atoms with Crippen LogP contribution in [-0.4, -0.2) is 18.3 Å². The van der Waals surface area contributed by atoms with E-state index in [0.29, 0.717) is 0 Å². The lowest BCUT2D eigenvalue weighted by Gasteiger charge is -2.32. The third-order valence-electron chi connectivity index (χ3n) is 4.95. The van der Waals surface area contributed by atoms with Gasteiger partial charge in [-0.05, 0) is 62.8 Å². The fourth-order valence-electron chi connectivity index (χ4n) is 2.85. The smallest absolute Gasteiger partial charge is 0.403 e. The average molecular weight is 308 g/mol. The highest BCUT2D eigenvalue weighted by Gasteiger charge is 2.50. The van der Waals surface area contributed by atoms with Crippen LogP contribution >= 0.6 is 0 Å². The molecule has 120 valence electrons. The van der Waals surface area contributed by atoms with Crippen molar-refractivity contribution in [1.82, 2.24) is 0 Å². The first-order valence-corrected chi connectivity index (χ1v) is 8.38. The Bertz CT molecular complexity index is 702. The van der Waals surface area contributed by atoms with Crippen LogP contribution in [0.2, 0.25) is 6.32 Å². The van der Waals surface area contributed by atoms with Crippen molar-refractivity contribution < 1.29 is 9.31 Å². The molecule has 23 heavy (non-hydrogen) atoms. The van der Waals surface area contributed by atoms with Crippen LogP contribution in [0.4, 0.5) is 0 Å². The van der Waals surface area contributed by atoms with Crippen LogP contribution in [0.1, 0.15) is 39.7 Å². The summed E-state index contributed by atoms with van der Waals surface area (Å²) < 4.78 is 12.0. The Morgan fingerprint density at radius 2 is 1.57 bits per heavy atom. The van der Waals surface area contributed by atoms with Gasteiger partial charge >= 0.3 is 7.12 Å². The van der Waals surface area contributed by atoms with E-state index in [1.807, 2.05) is 0 Å². The van der Waals surface area contributed by atoms with E-state index in [2.05, 4.69) is 82.3 Å². The molecule has 1 heterocycles. The zero-order valence-electron chi connectivity index (χ0n) is 14.5. The molecule has 0 amide bonds. The van der Waals surface area contributed by atoms with Gasteiger partial charge in [0.15, 0.2) is 0 Å². The van der Waals surface area contributed by atoms with Crippen molar-refractivity contribution in [1.29, 1.82) is 0 Å². The van der Waals surface area contributed by atoms with Crippen molar-refractivity contribution in [2.75, 3.05) is 0 Å². The molecule has 0 saturated carbocycles. The zero-order valence-corrected chi connectivity index (χ0v) is 14.5. The minimum absolute atomic E-state index is 0.110. The molecule has 0 radical (unpaired) electrons. The lowest BCUT2D eigenvalue weighted by atomic mass is 9.83. The van der Waals surface area contributed by atoms with Crippen molar-refractivity contribution in [3.63, 3.8) is 0 Å². The summed E-state index contributed by atoms with van der Waals surface area (Å²) in [5, 5.41) is 2.56. The topological polar surface area (TPSA) is 18.5 Å². The van der Waals surface area contributed by atoms with Gasteiger partial charge in [-0.25, -0.2) is 0 Å². The van der Waals surface area contributed by atoms with Gasteiger partial charge in [-0.2, -0.15) is 0 Å². The minimum atomic E-state index is -0.236. The number of hydrogen-bond acceptors (Lipinski definition) is 2. The maximum atomic E-state index is 6.02. The predicted octanol–water partition coefficient (Wildman–Crippen LogP) is 5.34. The summed E-state index contributed by atoms with van der Waals surface area (Å²) in [7, 11) is -0.110. The van der Waals surface area contributed by atoms with Crippen LogP contribution in [0.5, 0.6) is 0 Å². The second kappa shape index (κ2) is 6.14. The highest BCUT2D eigenvalue weighted by molar-refractivity contribution is 6.45. The largest absolute Gasteiger partial charge is 0.458 e. The van der Waals surface area contributed by atoms with Gasteiger partial charge < -0.3 is 9.31 Å². The number of allylic oxidation sites excluding steroid dienone is 1. The van der Waals surface area contributed by atoms with Crippen LogP contribution in [0, 0.1) is 0 Å². The Kier molecular flexibility index (Phi) is 4.35. The number of fused-ring (bicyclic) bond motifs is 1. The number of benzene rings is 2. The molecule has 0 bridgehead atoms. The van der Waals surface area contributed by atoms with Gasteiger partial charge in [0.25, 0.3) is 0 Å². The Morgan fingerprint density at radius 1 is 0.913 bits per heavy atom. The summed E-state index contributed by atoms with van der Waals surface area (Å²) in [5.74, 6) is 0. The molecular formula is C20H25BO2. The highest BCUT2D eigenvalue weighted by atomic mass is 16.7.